The summed E-state index contributed by atoms with van der Waals surface area (Å²) in [6.45, 7) is 14.5. The molecule has 0 spiro atoms. The third-order valence-corrected chi connectivity index (χ3v) is 8.51. The molecule has 0 saturated carbocycles. The van der Waals surface area contributed by atoms with E-state index in [0.29, 0.717) is 6.42 Å². The van der Waals surface area contributed by atoms with Gasteiger partial charge >= 0.3 is 14.0 Å². The van der Waals surface area contributed by atoms with Crippen molar-refractivity contribution in [1.82, 2.24) is 4.98 Å². The summed E-state index contributed by atoms with van der Waals surface area (Å²) in [5, 5.41) is 0. The Morgan fingerprint density at radius 1 is 0.771 bits per heavy atom. The normalized spacial score (nSPS) is 26.4. The lowest BCUT2D eigenvalue weighted by atomic mass is 9.49. The summed E-state index contributed by atoms with van der Waals surface area (Å²) in [6.07, 6.45) is 6.87. The average molecular weight is 536 g/mol. The number of hydrogen-bond donors (Lipinski definition) is 0. The summed E-state index contributed by atoms with van der Waals surface area (Å²) >= 11 is 3.69. The molecule has 5 nitrogen and oxygen atoms in total. The summed E-state index contributed by atoms with van der Waals surface area (Å²) in [4.78, 5) is 4.52. The van der Waals surface area contributed by atoms with Gasteiger partial charge in [-0.15, -0.1) is 0 Å². The molecular formula is C27H32B2BrNO4. The predicted octanol–water partition coefficient (Wildman–Crippen LogP) is 6.47. The smallest absolute Gasteiger partial charge is 0.405 e. The van der Waals surface area contributed by atoms with Crippen LogP contribution in [0.2, 0.25) is 0 Å². The Bertz CT molecular complexity index is 1190. The van der Waals surface area contributed by atoms with E-state index in [1.54, 1.807) is 0 Å². The van der Waals surface area contributed by atoms with Crippen LogP contribution < -0.4 is 0 Å². The molecule has 1 atom stereocenters. The zero-order valence-corrected chi connectivity index (χ0v) is 23.1. The second-order valence-corrected chi connectivity index (χ2v) is 12.3. The molecule has 3 heterocycles. The Morgan fingerprint density at radius 3 is 2.00 bits per heavy atom. The number of aromatic nitrogens is 1. The second-order valence-electron chi connectivity index (χ2n) is 11.4. The van der Waals surface area contributed by atoms with Crippen molar-refractivity contribution in [2.24, 2.45) is 0 Å². The number of pyridine rings is 1. The highest BCUT2D eigenvalue weighted by Crippen LogP contribution is 2.48. The van der Waals surface area contributed by atoms with Gasteiger partial charge in [0.25, 0.3) is 0 Å². The zero-order chi connectivity index (χ0) is 25.2. The topological polar surface area (TPSA) is 49.8 Å². The third kappa shape index (κ3) is 4.38. The van der Waals surface area contributed by atoms with E-state index in [-0.39, 0.29) is 0 Å². The fraction of sp³-hybridized carbons (Fsp3) is 0.444. The molecule has 0 radical (unpaired) electrons. The SMILES string of the molecule is CC1(C)OB(B2OC(C)(C)C(C)(CC3=CC=C3c3cc(Br)cc(-c4ccccn4)c3)O2)OC1(C)C. The number of hydrogen-bond acceptors (Lipinski definition) is 5. The van der Waals surface area contributed by atoms with Gasteiger partial charge in [0.05, 0.1) is 28.1 Å². The van der Waals surface area contributed by atoms with E-state index >= 15 is 0 Å². The van der Waals surface area contributed by atoms with E-state index in [4.69, 9.17) is 18.6 Å². The Hall–Kier alpha value is -1.70. The van der Waals surface area contributed by atoms with Crippen molar-refractivity contribution in [2.75, 3.05) is 0 Å². The predicted molar refractivity (Wildman–Crippen MR) is 145 cm³/mol. The van der Waals surface area contributed by atoms with Gasteiger partial charge in [-0.1, -0.05) is 34.1 Å². The van der Waals surface area contributed by atoms with Crippen LogP contribution in [0.25, 0.3) is 16.8 Å². The maximum atomic E-state index is 6.58. The summed E-state index contributed by atoms with van der Waals surface area (Å²) in [7, 11) is -1.16. The van der Waals surface area contributed by atoms with Gasteiger partial charge < -0.3 is 18.6 Å². The quantitative estimate of drug-likeness (QED) is 0.411. The minimum Gasteiger partial charge on any atom is -0.405 e. The first-order chi connectivity index (χ1) is 16.3. The Balaban J connectivity index is 1.34. The fourth-order valence-electron chi connectivity index (χ4n) is 4.71. The van der Waals surface area contributed by atoms with Gasteiger partial charge in [0.1, 0.15) is 0 Å². The molecule has 8 heteroatoms. The highest BCUT2D eigenvalue weighted by Gasteiger charge is 2.65. The first-order valence-corrected chi connectivity index (χ1v) is 12.9. The van der Waals surface area contributed by atoms with Crippen molar-refractivity contribution >= 4 is 35.5 Å². The molecule has 0 N–H and O–H groups in total. The van der Waals surface area contributed by atoms with Crippen LogP contribution in [-0.4, -0.2) is 41.4 Å². The van der Waals surface area contributed by atoms with Crippen LogP contribution in [0.15, 0.2) is 64.8 Å². The first kappa shape index (κ1) is 25.0. The summed E-state index contributed by atoms with van der Waals surface area (Å²) in [5.41, 5.74) is 3.67. The Labute approximate surface area is 217 Å². The lowest BCUT2D eigenvalue weighted by molar-refractivity contribution is -0.00807. The molecule has 1 unspecified atom stereocenters. The molecule has 1 aliphatic carbocycles. The minimum absolute atomic E-state index is 0.439. The van der Waals surface area contributed by atoms with E-state index in [2.05, 4.69) is 72.0 Å². The van der Waals surface area contributed by atoms with E-state index in [1.807, 2.05) is 52.1 Å². The molecule has 0 amide bonds. The van der Waals surface area contributed by atoms with Crippen molar-refractivity contribution in [3.8, 4) is 11.3 Å². The fourth-order valence-corrected chi connectivity index (χ4v) is 5.21. The largest absolute Gasteiger partial charge is 0.489 e. The monoisotopic (exact) mass is 535 g/mol. The minimum atomic E-state index is -0.592. The molecule has 35 heavy (non-hydrogen) atoms. The molecule has 0 bridgehead atoms. The number of benzene rings is 1. The number of halogens is 1. The average Bonchev–Trinajstić information content (AvgIpc) is 3.13. The number of nitrogens with zero attached hydrogens (tertiary/aromatic N) is 1. The van der Waals surface area contributed by atoms with E-state index in [1.165, 1.54) is 11.1 Å². The highest BCUT2D eigenvalue weighted by molar-refractivity contribution is 9.10. The molecule has 2 fully saturated rings. The van der Waals surface area contributed by atoms with Crippen LogP contribution >= 0.6 is 15.9 Å². The molecular weight excluding hydrogens is 504 g/mol. The molecule has 5 rings (SSSR count). The lowest BCUT2D eigenvalue weighted by Gasteiger charge is -2.38. The highest BCUT2D eigenvalue weighted by atomic mass is 79.9. The maximum Gasteiger partial charge on any atom is 0.489 e. The maximum absolute atomic E-state index is 6.58. The van der Waals surface area contributed by atoms with E-state index in [0.717, 1.165) is 21.3 Å². The first-order valence-electron chi connectivity index (χ1n) is 12.2. The van der Waals surface area contributed by atoms with Crippen molar-refractivity contribution in [1.29, 1.82) is 0 Å². The summed E-state index contributed by atoms with van der Waals surface area (Å²) < 4.78 is 26.5. The standard InChI is InChI=1S/C27H32B2BrNO4/c1-24(2)25(3,4)33-28(32-24)29-34-26(5,6)27(7,35-29)17-18-11-12-22(18)19-14-20(16-21(30)15-19)23-10-8-9-13-31-23/h8-16H,17H2,1-7H3. The van der Waals surface area contributed by atoms with Gasteiger partial charge in [-0.2, -0.15) is 0 Å². The molecule has 2 aliphatic heterocycles. The van der Waals surface area contributed by atoms with Crippen LogP contribution in [0.4, 0.5) is 0 Å². The van der Waals surface area contributed by atoms with E-state index < -0.39 is 36.4 Å². The van der Waals surface area contributed by atoms with Crippen molar-refractivity contribution in [2.45, 2.75) is 77.3 Å². The van der Waals surface area contributed by atoms with Gasteiger partial charge in [-0.05, 0) is 95.5 Å². The van der Waals surface area contributed by atoms with Gasteiger partial charge in [0, 0.05) is 22.7 Å². The van der Waals surface area contributed by atoms with Gasteiger partial charge in [0.15, 0.2) is 0 Å². The van der Waals surface area contributed by atoms with Crippen molar-refractivity contribution in [3.05, 3.63) is 70.4 Å². The van der Waals surface area contributed by atoms with Gasteiger partial charge in [0.2, 0.25) is 0 Å². The van der Waals surface area contributed by atoms with Crippen LogP contribution in [-0.2, 0) is 18.6 Å². The lowest BCUT2D eigenvalue weighted by Crippen LogP contribution is -2.45. The molecule has 2 aromatic rings. The summed E-state index contributed by atoms with van der Waals surface area (Å²) in [5.74, 6) is 0. The Morgan fingerprint density at radius 2 is 1.40 bits per heavy atom. The van der Waals surface area contributed by atoms with Crippen LogP contribution in [0.1, 0.15) is 60.5 Å². The number of rotatable bonds is 5. The van der Waals surface area contributed by atoms with Crippen molar-refractivity contribution in [3.63, 3.8) is 0 Å². The van der Waals surface area contributed by atoms with Gasteiger partial charge in [-0.3, -0.25) is 4.98 Å². The second kappa shape index (κ2) is 8.42. The van der Waals surface area contributed by atoms with Crippen molar-refractivity contribution < 1.29 is 18.6 Å². The molecule has 3 aliphatic rings. The zero-order valence-electron chi connectivity index (χ0n) is 21.5. The molecule has 1 aromatic heterocycles. The van der Waals surface area contributed by atoms with Crippen LogP contribution in [0.5, 0.6) is 0 Å². The third-order valence-electron chi connectivity index (χ3n) is 8.05. The summed E-state index contributed by atoms with van der Waals surface area (Å²) in [6, 6.07) is 12.4. The van der Waals surface area contributed by atoms with Gasteiger partial charge in [-0.25, -0.2) is 0 Å². The number of allylic oxidation sites excluding steroid dienone is 3. The molecule has 1 aromatic carbocycles. The molecule has 2 saturated heterocycles. The molecule has 182 valence electrons. The van der Waals surface area contributed by atoms with E-state index in [9.17, 15) is 0 Å². The van der Waals surface area contributed by atoms with Crippen LogP contribution in [0, 0.1) is 0 Å². The van der Waals surface area contributed by atoms with Crippen LogP contribution in [0.3, 0.4) is 0 Å². The Kier molecular flexibility index (Phi) is 6.01.